The number of rotatable bonds is 8. The summed E-state index contributed by atoms with van der Waals surface area (Å²) in [5.41, 5.74) is 2.42. The molecule has 1 atom stereocenters. The molecule has 0 aliphatic carbocycles. The Bertz CT molecular complexity index is 759. The van der Waals surface area contributed by atoms with Crippen LogP contribution in [-0.4, -0.2) is 36.5 Å². The summed E-state index contributed by atoms with van der Waals surface area (Å²) in [5, 5.41) is 6.97. The number of carbonyl (C=O) groups is 1. The van der Waals surface area contributed by atoms with Gasteiger partial charge in [-0.05, 0) is 62.2 Å². The Morgan fingerprint density at radius 2 is 1.93 bits per heavy atom. The van der Waals surface area contributed by atoms with E-state index < -0.39 is 0 Å². The quantitative estimate of drug-likeness (QED) is 0.700. The first-order chi connectivity index (χ1) is 13.2. The molecule has 1 amide bonds. The molecule has 2 aromatic carbocycles. The van der Waals surface area contributed by atoms with E-state index >= 15 is 0 Å². The van der Waals surface area contributed by atoms with E-state index in [2.05, 4.69) is 28.5 Å². The van der Waals surface area contributed by atoms with E-state index in [0.29, 0.717) is 16.6 Å². The standard InChI is InChI=1S/C22H28ClN3O/c1-2-19(26-12-5-6-13-26)16-24-15-17-8-7-9-18(14-17)25-22(27)20-10-3-4-11-21(20)23/h3-4,7-11,14,19,24H,2,5-6,12-13,15-16H2,1H3,(H,25,27). The lowest BCUT2D eigenvalue weighted by molar-refractivity contribution is 0.102. The van der Waals surface area contributed by atoms with E-state index in [-0.39, 0.29) is 5.91 Å². The Morgan fingerprint density at radius 3 is 2.67 bits per heavy atom. The van der Waals surface area contributed by atoms with Crippen LogP contribution in [0.15, 0.2) is 48.5 Å². The summed E-state index contributed by atoms with van der Waals surface area (Å²) >= 11 is 6.11. The third-order valence-electron chi connectivity index (χ3n) is 5.14. The van der Waals surface area contributed by atoms with Gasteiger partial charge in [0, 0.05) is 24.8 Å². The van der Waals surface area contributed by atoms with E-state index in [4.69, 9.17) is 11.6 Å². The zero-order chi connectivity index (χ0) is 19.1. The minimum absolute atomic E-state index is 0.189. The number of halogens is 1. The molecule has 1 heterocycles. The van der Waals surface area contributed by atoms with Gasteiger partial charge in [-0.3, -0.25) is 9.69 Å². The van der Waals surface area contributed by atoms with Crippen molar-refractivity contribution in [3.63, 3.8) is 0 Å². The fraction of sp³-hybridized carbons (Fsp3) is 0.409. The van der Waals surface area contributed by atoms with Gasteiger partial charge in [-0.25, -0.2) is 0 Å². The molecule has 1 saturated heterocycles. The number of nitrogens with zero attached hydrogens (tertiary/aromatic N) is 1. The Balaban J connectivity index is 1.54. The van der Waals surface area contributed by atoms with Gasteiger partial charge < -0.3 is 10.6 Å². The number of nitrogens with one attached hydrogen (secondary N) is 2. The summed E-state index contributed by atoms with van der Waals surface area (Å²) in [6.07, 6.45) is 3.81. The first-order valence-corrected chi connectivity index (χ1v) is 10.1. The second-order valence-electron chi connectivity index (χ2n) is 7.07. The number of hydrogen-bond acceptors (Lipinski definition) is 3. The lowest BCUT2D eigenvalue weighted by Crippen LogP contribution is -2.40. The van der Waals surface area contributed by atoms with Crippen LogP contribution in [0.1, 0.15) is 42.1 Å². The van der Waals surface area contributed by atoms with Crippen molar-refractivity contribution in [3.8, 4) is 0 Å². The van der Waals surface area contributed by atoms with Gasteiger partial charge in [0.2, 0.25) is 0 Å². The highest BCUT2D eigenvalue weighted by molar-refractivity contribution is 6.34. The van der Waals surface area contributed by atoms with Gasteiger partial charge in [0.1, 0.15) is 0 Å². The molecule has 0 radical (unpaired) electrons. The molecule has 144 valence electrons. The molecule has 2 aromatic rings. The molecule has 0 spiro atoms. The minimum atomic E-state index is -0.189. The maximum atomic E-state index is 12.4. The number of benzene rings is 2. The molecular weight excluding hydrogens is 358 g/mol. The van der Waals surface area contributed by atoms with Gasteiger partial charge in [0.15, 0.2) is 0 Å². The molecule has 2 N–H and O–H groups in total. The Labute approximate surface area is 166 Å². The topological polar surface area (TPSA) is 44.4 Å². The molecule has 4 nitrogen and oxygen atoms in total. The summed E-state index contributed by atoms with van der Waals surface area (Å²) in [5.74, 6) is -0.189. The third-order valence-corrected chi connectivity index (χ3v) is 5.47. The molecule has 0 bridgehead atoms. The van der Waals surface area contributed by atoms with Crippen molar-refractivity contribution in [2.75, 3.05) is 25.0 Å². The summed E-state index contributed by atoms with van der Waals surface area (Å²) in [6.45, 7) is 6.50. The highest BCUT2D eigenvalue weighted by atomic mass is 35.5. The van der Waals surface area contributed by atoms with E-state index in [9.17, 15) is 4.79 Å². The molecular formula is C22H28ClN3O. The normalized spacial score (nSPS) is 15.6. The van der Waals surface area contributed by atoms with Gasteiger partial charge >= 0.3 is 0 Å². The average Bonchev–Trinajstić information content (AvgIpc) is 3.20. The van der Waals surface area contributed by atoms with Gasteiger partial charge in [-0.2, -0.15) is 0 Å². The number of carbonyl (C=O) groups excluding carboxylic acids is 1. The highest BCUT2D eigenvalue weighted by Gasteiger charge is 2.19. The first kappa shape index (κ1) is 19.9. The molecule has 3 rings (SSSR count). The number of hydrogen-bond donors (Lipinski definition) is 2. The van der Waals surface area contributed by atoms with Crippen LogP contribution in [0.4, 0.5) is 5.69 Å². The molecule has 0 saturated carbocycles. The van der Waals surface area contributed by atoms with Gasteiger partial charge in [-0.15, -0.1) is 0 Å². The van der Waals surface area contributed by atoms with E-state index in [0.717, 1.165) is 24.3 Å². The largest absolute Gasteiger partial charge is 0.322 e. The molecule has 1 aliphatic heterocycles. The summed E-state index contributed by atoms with van der Waals surface area (Å²) in [6, 6.07) is 15.6. The van der Waals surface area contributed by atoms with Crippen LogP contribution >= 0.6 is 11.6 Å². The second-order valence-corrected chi connectivity index (χ2v) is 7.48. The van der Waals surface area contributed by atoms with Crippen LogP contribution < -0.4 is 10.6 Å². The van der Waals surface area contributed by atoms with Crippen LogP contribution in [-0.2, 0) is 6.54 Å². The van der Waals surface area contributed by atoms with Crippen molar-refractivity contribution in [1.82, 2.24) is 10.2 Å². The summed E-state index contributed by atoms with van der Waals surface area (Å²) < 4.78 is 0. The first-order valence-electron chi connectivity index (χ1n) is 9.77. The van der Waals surface area contributed by atoms with Crippen LogP contribution in [0.25, 0.3) is 0 Å². The average molecular weight is 386 g/mol. The zero-order valence-electron chi connectivity index (χ0n) is 15.9. The van der Waals surface area contributed by atoms with Crippen molar-refractivity contribution in [2.45, 2.75) is 38.8 Å². The predicted octanol–water partition coefficient (Wildman–Crippen LogP) is 4.56. The van der Waals surface area contributed by atoms with Crippen molar-refractivity contribution in [2.24, 2.45) is 0 Å². The van der Waals surface area contributed by atoms with Gasteiger partial charge in [0.05, 0.1) is 10.6 Å². The highest BCUT2D eigenvalue weighted by Crippen LogP contribution is 2.18. The van der Waals surface area contributed by atoms with Crippen LogP contribution in [0.2, 0.25) is 5.02 Å². The van der Waals surface area contributed by atoms with Crippen molar-refractivity contribution in [3.05, 3.63) is 64.7 Å². The van der Waals surface area contributed by atoms with Crippen LogP contribution in [0, 0.1) is 0 Å². The minimum Gasteiger partial charge on any atom is -0.322 e. The van der Waals surface area contributed by atoms with Crippen molar-refractivity contribution in [1.29, 1.82) is 0 Å². The van der Waals surface area contributed by atoms with Crippen molar-refractivity contribution >= 4 is 23.2 Å². The monoisotopic (exact) mass is 385 g/mol. The molecule has 0 aromatic heterocycles. The number of likely N-dealkylation sites (tertiary alicyclic amines) is 1. The third kappa shape index (κ3) is 5.55. The van der Waals surface area contributed by atoms with Gasteiger partial charge in [0.25, 0.3) is 5.91 Å². The zero-order valence-corrected chi connectivity index (χ0v) is 16.6. The Kier molecular flexibility index (Phi) is 7.27. The van der Waals surface area contributed by atoms with E-state index in [1.165, 1.54) is 32.4 Å². The number of amides is 1. The summed E-state index contributed by atoms with van der Waals surface area (Å²) in [7, 11) is 0. The lowest BCUT2D eigenvalue weighted by atomic mass is 10.1. The van der Waals surface area contributed by atoms with Gasteiger partial charge in [-0.1, -0.05) is 42.8 Å². The van der Waals surface area contributed by atoms with Crippen molar-refractivity contribution < 1.29 is 4.79 Å². The molecule has 1 fully saturated rings. The predicted molar refractivity (Wildman–Crippen MR) is 112 cm³/mol. The molecule has 1 unspecified atom stereocenters. The smallest absolute Gasteiger partial charge is 0.257 e. The second kappa shape index (κ2) is 9.88. The Morgan fingerprint density at radius 1 is 1.15 bits per heavy atom. The van der Waals surface area contributed by atoms with Crippen LogP contribution in [0.3, 0.4) is 0 Å². The number of anilines is 1. The van der Waals surface area contributed by atoms with E-state index in [1.54, 1.807) is 12.1 Å². The molecule has 27 heavy (non-hydrogen) atoms. The maximum absolute atomic E-state index is 12.4. The van der Waals surface area contributed by atoms with E-state index in [1.807, 2.05) is 30.3 Å². The fourth-order valence-corrected chi connectivity index (χ4v) is 3.85. The lowest BCUT2D eigenvalue weighted by Gasteiger charge is -2.26. The Hall–Kier alpha value is -1.88. The SMILES string of the molecule is CCC(CNCc1cccc(NC(=O)c2ccccc2Cl)c1)N1CCCC1. The molecule has 1 aliphatic rings. The maximum Gasteiger partial charge on any atom is 0.257 e. The molecule has 5 heteroatoms. The summed E-state index contributed by atoms with van der Waals surface area (Å²) in [4.78, 5) is 15.0. The fourth-order valence-electron chi connectivity index (χ4n) is 3.62. The van der Waals surface area contributed by atoms with Crippen LogP contribution in [0.5, 0.6) is 0 Å².